The molecule has 0 spiro atoms. The van der Waals surface area contributed by atoms with Gasteiger partial charge in [-0.3, -0.25) is 0 Å². The van der Waals surface area contributed by atoms with Crippen LogP contribution >= 0.6 is 0 Å². The fraction of sp³-hybridized carbons (Fsp3) is 0.200. The fourth-order valence-electron chi connectivity index (χ4n) is 1.64. The van der Waals surface area contributed by atoms with Crippen molar-refractivity contribution in [1.82, 2.24) is 0 Å². The van der Waals surface area contributed by atoms with Gasteiger partial charge in [-0.15, -0.1) is 0 Å². The summed E-state index contributed by atoms with van der Waals surface area (Å²) in [7, 11) is 1.65. The molecule has 3 nitrogen and oxygen atoms in total. The minimum Gasteiger partial charge on any atom is -0.497 e. The van der Waals surface area contributed by atoms with Crippen molar-refractivity contribution in [2.75, 3.05) is 19.5 Å². The fourth-order valence-corrected chi connectivity index (χ4v) is 1.64. The van der Waals surface area contributed by atoms with Crippen LogP contribution in [0.15, 0.2) is 48.5 Å². The molecule has 3 heteroatoms. The molecule has 2 aromatic rings. The predicted molar refractivity (Wildman–Crippen MR) is 73.0 cm³/mol. The Hall–Kier alpha value is -2.16. The second kappa shape index (κ2) is 5.96. The van der Waals surface area contributed by atoms with E-state index >= 15 is 0 Å². The molecule has 2 rings (SSSR count). The van der Waals surface area contributed by atoms with Crippen LogP contribution in [0.2, 0.25) is 0 Å². The van der Waals surface area contributed by atoms with Crippen molar-refractivity contribution < 1.29 is 9.47 Å². The van der Waals surface area contributed by atoms with Crippen molar-refractivity contribution in [2.45, 2.75) is 6.42 Å². The lowest BCUT2D eigenvalue weighted by molar-refractivity contribution is 0.321. The Labute approximate surface area is 107 Å². The first-order chi connectivity index (χ1) is 8.78. The number of methoxy groups -OCH3 is 1. The van der Waals surface area contributed by atoms with E-state index in [0.717, 1.165) is 23.6 Å². The molecule has 0 unspecified atom stereocenters. The summed E-state index contributed by atoms with van der Waals surface area (Å²) in [5.74, 6) is 1.69. The average Bonchev–Trinajstić information content (AvgIpc) is 2.42. The van der Waals surface area contributed by atoms with Gasteiger partial charge in [-0.05, 0) is 42.0 Å². The topological polar surface area (TPSA) is 44.5 Å². The molecule has 0 aliphatic carbocycles. The zero-order valence-corrected chi connectivity index (χ0v) is 10.4. The summed E-state index contributed by atoms with van der Waals surface area (Å²) in [6.45, 7) is 0.649. The summed E-state index contributed by atoms with van der Waals surface area (Å²) in [6.07, 6.45) is 0.867. The number of rotatable bonds is 5. The number of hydrogen-bond acceptors (Lipinski definition) is 3. The Morgan fingerprint density at radius 2 is 1.50 bits per heavy atom. The van der Waals surface area contributed by atoms with Crippen molar-refractivity contribution in [1.29, 1.82) is 0 Å². The average molecular weight is 243 g/mol. The maximum absolute atomic E-state index is 5.65. The van der Waals surface area contributed by atoms with Gasteiger partial charge in [-0.2, -0.15) is 0 Å². The van der Waals surface area contributed by atoms with E-state index in [4.69, 9.17) is 15.2 Å². The van der Waals surface area contributed by atoms with Gasteiger partial charge in [0.1, 0.15) is 11.5 Å². The molecular weight excluding hydrogens is 226 g/mol. The normalized spacial score (nSPS) is 10.1. The van der Waals surface area contributed by atoms with Gasteiger partial charge in [0.2, 0.25) is 0 Å². The first-order valence-electron chi connectivity index (χ1n) is 5.89. The van der Waals surface area contributed by atoms with Crippen molar-refractivity contribution in [3.63, 3.8) is 0 Å². The molecule has 0 saturated heterocycles. The molecule has 0 bridgehead atoms. The van der Waals surface area contributed by atoms with E-state index in [1.165, 1.54) is 5.56 Å². The summed E-state index contributed by atoms with van der Waals surface area (Å²) in [4.78, 5) is 0. The summed E-state index contributed by atoms with van der Waals surface area (Å²) in [5, 5.41) is 0. The summed E-state index contributed by atoms with van der Waals surface area (Å²) < 4.78 is 10.7. The minimum absolute atomic E-state index is 0.649. The largest absolute Gasteiger partial charge is 0.497 e. The molecule has 0 aliphatic heterocycles. The van der Waals surface area contributed by atoms with Crippen LogP contribution in [0, 0.1) is 0 Å². The second-order valence-electron chi connectivity index (χ2n) is 4.02. The van der Waals surface area contributed by atoms with E-state index in [2.05, 4.69) is 0 Å². The van der Waals surface area contributed by atoms with Gasteiger partial charge in [0, 0.05) is 12.1 Å². The number of hydrogen-bond donors (Lipinski definition) is 1. The van der Waals surface area contributed by atoms with Crippen LogP contribution in [0.1, 0.15) is 5.56 Å². The van der Waals surface area contributed by atoms with Crippen molar-refractivity contribution in [2.24, 2.45) is 0 Å². The van der Waals surface area contributed by atoms with E-state index in [-0.39, 0.29) is 0 Å². The van der Waals surface area contributed by atoms with E-state index in [0.29, 0.717) is 6.61 Å². The zero-order valence-electron chi connectivity index (χ0n) is 10.4. The third-order valence-corrected chi connectivity index (χ3v) is 2.70. The maximum atomic E-state index is 5.65. The molecule has 94 valence electrons. The van der Waals surface area contributed by atoms with Crippen LogP contribution in [0.3, 0.4) is 0 Å². The van der Waals surface area contributed by atoms with Gasteiger partial charge in [0.25, 0.3) is 0 Å². The molecule has 0 amide bonds. The van der Waals surface area contributed by atoms with Gasteiger partial charge in [-0.25, -0.2) is 0 Å². The Morgan fingerprint density at radius 1 is 0.889 bits per heavy atom. The Morgan fingerprint density at radius 3 is 2.11 bits per heavy atom. The molecule has 0 aliphatic rings. The Kier molecular flexibility index (Phi) is 4.07. The predicted octanol–water partition coefficient (Wildman–Crippen LogP) is 2.90. The molecule has 18 heavy (non-hydrogen) atoms. The van der Waals surface area contributed by atoms with E-state index in [1.807, 2.05) is 48.5 Å². The number of benzene rings is 2. The minimum atomic E-state index is 0.649. The van der Waals surface area contributed by atoms with Crippen molar-refractivity contribution >= 4 is 5.69 Å². The smallest absolute Gasteiger partial charge is 0.119 e. The van der Waals surface area contributed by atoms with Crippen LogP contribution in [-0.2, 0) is 6.42 Å². The maximum Gasteiger partial charge on any atom is 0.119 e. The van der Waals surface area contributed by atoms with Crippen LogP contribution in [0.4, 0.5) is 5.69 Å². The highest BCUT2D eigenvalue weighted by Gasteiger charge is 1.97. The van der Waals surface area contributed by atoms with Crippen LogP contribution in [0.5, 0.6) is 11.5 Å². The quantitative estimate of drug-likeness (QED) is 0.821. The summed E-state index contributed by atoms with van der Waals surface area (Å²) in [5.41, 5.74) is 7.64. The Balaban J connectivity index is 1.82. The lowest BCUT2D eigenvalue weighted by Gasteiger charge is -2.07. The summed E-state index contributed by atoms with van der Waals surface area (Å²) in [6, 6.07) is 15.4. The van der Waals surface area contributed by atoms with E-state index in [1.54, 1.807) is 7.11 Å². The highest BCUT2D eigenvalue weighted by molar-refractivity contribution is 5.39. The monoisotopic (exact) mass is 243 g/mol. The number of nitrogens with two attached hydrogens (primary N) is 1. The SMILES string of the molecule is COc1ccc(OCCc2ccc(N)cc2)cc1. The zero-order chi connectivity index (χ0) is 12.8. The van der Waals surface area contributed by atoms with E-state index in [9.17, 15) is 0 Å². The molecular formula is C15H17NO2. The van der Waals surface area contributed by atoms with Crippen molar-refractivity contribution in [3.05, 3.63) is 54.1 Å². The standard InChI is InChI=1S/C15H17NO2/c1-17-14-6-8-15(9-7-14)18-11-10-12-2-4-13(16)5-3-12/h2-9H,10-11,16H2,1H3. The van der Waals surface area contributed by atoms with E-state index < -0.39 is 0 Å². The highest BCUT2D eigenvalue weighted by Crippen LogP contribution is 2.17. The van der Waals surface area contributed by atoms with Crippen LogP contribution in [-0.4, -0.2) is 13.7 Å². The number of anilines is 1. The van der Waals surface area contributed by atoms with Crippen LogP contribution in [0.25, 0.3) is 0 Å². The van der Waals surface area contributed by atoms with Crippen LogP contribution < -0.4 is 15.2 Å². The molecule has 0 heterocycles. The lowest BCUT2D eigenvalue weighted by Crippen LogP contribution is -2.01. The third kappa shape index (κ3) is 3.42. The third-order valence-electron chi connectivity index (χ3n) is 2.70. The first-order valence-corrected chi connectivity index (χ1v) is 5.89. The first kappa shape index (κ1) is 12.3. The molecule has 0 radical (unpaired) electrons. The highest BCUT2D eigenvalue weighted by atomic mass is 16.5. The Bertz CT molecular complexity index is 477. The molecule has 0 saturated carbocycles. The number of ether oxygens (including phenoxy) is 2. The van der Waals surface area contributed by atoms with Gasteiger partial charge in [-0.1, -0.05) is 12.1 Å². The molecule has 0 aromatic heterocycles. The van der Waals surface area contributed by atoms with Gasteiger partial charge < -0.3 is 15.2 Å². The van der Waals surface area contributed by atoms with Gasteiger partial charge in [0.05, 0.1) is 13.7 Å². The molecule has 2 aromatic carbocycles. The van der Waals surface area contributed by atoms with Gasteiger partial charge in [0.15, 0.2) is 0 Å². The molecule has 0 fully saturated rings. The number of nitrogen functional groups attached to an aromatic ring is 1. The molecule has 0 atom stereocenters. The summed E-state index contributed by atoms with van der Waals surface area (Å²) >= 11 is 0. The second-order valence-corrected chi connectivity index (χ2v) is 4.02. The van der Waals surface area contributed by atoms with Gasteiger partial charge >= 0.3 is 0 Å². The molecule has 2 N–H and O–H groups in total. The lowest BCUT2D eigenvalue weighted by atomic mass is 10.1. The van der Waals surface area contributed by atoms with Crippen molar-refractivity contribution in [3.8, 4) is 11.5 Å².